The summed E-state index contributed by atoms with van der Waals surface area (Å²) in [6.45, 7) is 4.48. The molecule has 1 aromatic heterocycles. The van der Waals surface area contributed by atoms with Crippen molar-refractivity contribution >= 4 is 28.5 Å². The summed E-state index contributed by atoms with van der Waals surface area (Å²) in [5.74, 6) is 0.589. The van der Waals surface area contributed by atoms with E-state index in [1.165, 1.54) is 6.08 Å². The Kier molecular flexibility index (Phi) is 4.44. The Morgan fingerprint density at radius 2 is 1.96 bits per heavy atom. The van der Waals surface area contributed by atoms with Crippen molar-refractivity contribution in [2.75, 3.05) is 0 Å². The molecule has 1 N–H and O–H groups in total. The van der Waals surface area contributed by atoms with Crippen LogP contribution in [-0.2, 0) is 17.9 Å². The van der Waals surface area contributed by atoms with Crippen LogP contribution in [-0.4, -0.2) is 15.5 Å². The average Bonchev–Trinajstić information content (AvgIpc) is 2.92. The lowest BCUT2D eigenvalue weighted by molar-refractivity contribution is -0.116. The molecule has 0 unspecified atom stereocenters. The van der Waals surface area contributed by atoms with Crippen LogP contribution in [0.2, 0.25) is 5.02 Å². The van der Waals surface area contributed by atoms with Crippen LogP contribution in [0.15, 0.2) is 61.2 Å². The summed E-state index contributed by atoms with van der Waals surface area (Å²) < 4.78 is 2.10. The fraction of sp³-hybridized carbons (Fsp3) is 0.111. The summed E-state index contributed by atoms with van der Waals surface area (Å²) in [5.41, 5.74) is 3.06. The third-order valence-corrected chi connectivity index (χ3v) is 3.85. The van der Waals surface area contributed by atoms with E-state index in [-0.39, 0.29) is 5.91 Å². The van der Waals surface area contributed by atoms with Crippen molar-refractivity contribution in [1.29, 1.82) is 0 Å². The largest absolute Gasteiger partial charge is 0.345 e. The summed E-state index contributed by atoms with van der Waals surface area (Å²) >= 11 is 5.94. The molecule has 2 aromatic carbocycles. The highest BCUT2D eigenvalue weighted by molar-refractivity contribution is 6.30. The van der Waals surface area contributed by atoms with E-state index in [9.17, 15) is 4.79 Å². The van der Waals surface area contributed by atoms with Gasteiger partial charge in [-0.3, -0.25) is 4.79 Å². The van der Waals surface area contributed by atoms with E-state index in [0.29, 0.717) is 18.1 Å². The topological polar surface area (TPSA) is 46.9 Å². The second-order valence-electron chi connectivity index (χ2n) is 5.15. The fourth-order valence-electron chi connectivity index (χ4n) is 2.45. The predicted octanol–water partition coefficient (Wildman–Crippen LogP) is 3.54. The van der Waals surface area contributed by atoms with Crippen molar-refractivity contribution in [2.45, 2.75) is 13.1 Å². The summed E-state index contributed by atoms with van der Waals surface area (Å²) in [7, 11) is 0. The third-order valence-electron chi connectivity index (χ3n) is 3.59. The molecule has 5 heteroatoms. The number of imidazole rings is 1. The minimum absolute atomic E-state index is 0.213. The molecule has 23 heavy (non-hydrogen) atoms. The Bertz CT molecular complexity index is 852. The van der Waals surface area contributed by atoms with Gasteiger partial charge in [-0.25, -0.2) is 4.98 Å². The van der Waals surface area contributed by atoms with Crippen molar-refractivity contribution in [3.63, 3.8) is 0 Å². The highest BCUT2D eigenvalue weighted by atomic mass is 35.5. The SMILES string of the molecule is C=CC(=O)NCc1nc2ccccc2n1Cc1ccc(Cl)cc1. The first-order chi connectivity index (χ1) is 11.2. The van der Waals surface area contributed by atoms with Crippen molar-refractivity contribution in [3.05, 3.63) is 77.6 Å². The third kappa shape index (κ3) is 3.43. The summed E-state index contributed by atoms with van der Waals surface area (Å²) in [6.07, 6.45) is 1.26. The molecule has 0 spiro atoms. The molecule has 1 heterocycles. The Morgan fingerprint density at radius 1 is 1.22 bits per heavy atom. The van der Waals surface area contributed by atoms with E-state index >= 15 is 0 Å². The van der Waals surface area contributed by atoms with E-state index in [0.717, 1.165) is 22.4 Å². The first-order valence-electron chi connectivity index (χ1n) is 7.26. The Balaban J connectivity index is 1.96. The van der Waals surface area contributed by atoms with Crippen LogP contribution >= 0.6 is 11.6 Å². The van der Waals surface area contributed by atoms with E-state index in [4.69, 9.17) is 11.6 Å². The van der Waals surface area contributed by atoms with Gasteiger partial charge in [0.25, 0.3) is 0 Å². The molecule has 0 radical (unpaired) electrons. The second-order valence-corrected chi connectivity index (χ2v) is 5.59. The maximum absolute atomic E-state index is 11.4. The normalized spacial score (nSPS) is 10.7. The number of aromatic nitrogens is 2. The van der Waals surface area contributed by atoms with Gasteiger partial charge < -0.3 is 9.88 Å². The minimum atomic E-state index is -0.213. The Labute approximate surface area is 139 Å². The van der Waals surface area contributed by atoms with Crippen LogP contribution in [0.25, 0.3) is 11.0 Å². The highest BCUT2D eigenvalue weighted by Crippen LogP contribution is 2.19. The molecular weight excluding hydrogens is 310 g/mol. The van der Waals surface area contributed by atoms with E-state index in [2.05, 4.69) is 21.4 Å². The zero-order valence-electron chi connectivity index (χ0n) is 12.5. The average molecular weight is 326 g/mol. The molecule has 0 saturated carbocycles. The number of hydrogen-bond donors (Lipinski definition) is 1. The van der Waals surface area contributed by atoms with Crippen LogP contribution in [0.4, 0.5) is 0 Å². The molecule has 4 nitrogen and oxygen atoms in total. The standard InChI is InChI=1S/C18H16ClN3O/c1-2-18(23)20-11-17-21-15-5-3-4-6-16(15)22(17)12-13-7-9-14(19)10-8-13/h2-10H,1,11-12H2,(H,20,23). The zero-order valence-corrected chi connectivity index (χ0v) is 13.3. The summed E-state index contributed by atoms with van der Waals surface area (Å²) in [6, 6.07) is 15.6. The quantitative estimate of drug-likeness (QED) is 0.729. The van der Waals surface area contributed by atoms with Crippen molar-refractivity contribution < 1.29 is 4.79 Å². The first kappa shape index (κ1) is 15.3. The second kappa shape index (κ2) is 6.67. The van der Waals surface area contributed by atoms with Gasteiger partial charge in [0, 0.05) is 11.6 Å². The zero-order chi connectivity index (χ0) is 16.2. The number of carbonyl (C=O) groups is 1. The number of para-hydroxylation sites is 2. The van der Waals surface area contributed by atoms with Crippen molar-refractivity contribution in [2.24, 2.45) is 0 Å². The monoisotopic (exact) mass is 325 g/mol. The van der Waals surface area contributed by atoms with Crippen LogP contribution < -0.4 is 5.32 Å². The van der Waals surface area contributed by atoms with Crippen molar-refractivity contribution in [3.8, 4) is 0 Å². The smallest absolute Gasteiger partial charge is 0.243 e. The van der Waals surface area contributed by atoms with Gasteiger partial charge in [-0.1, -0.05) is 42.4 Å². The number of benzene rings is 2. The van der Waals surface area contributed by atoms with Gasteiger partial charge in [0.2, 0.25) is 5.91 Å². The summed E-state index contributed by atoms with van der Waals surface area (Å²) in [5, 5.41) is 3.49. The van der Waals surface area contributed by atoms with Gasteiger partial charge in [0.1, 0.15) is 5.82 Å². The van der Waals surface area contributed by atoms with Crippen LogP contribution in [0.3, 0.4) is 0 Å². The van der Waals surface area contributed by atoms with E-state index in [1.54, 1.807) is 0 Å². The molecular formula is C18H16ClN3O. The number of carbonyl (C=O) groups excluding carboxylic acids is 1. The fourth-order valence-corrected chi connectivity index (χ4v) is 2.57. The number of amides is 1. The molecule has 3 rings (SSSR count). The van der Waals surface area contributed by atoms with Gasteiger partial charge in [0.05, 0.1) is 17.6 Å². The van der Waals surface area contributed by atoms with E-state index < -0.39 is 0 Å². The van der Waals surface area contributed by atoms with Crippen LogP contribution in [0.1, 0.15) is 11.4 Å². The number of nitrogens with one attached hydrogen (secondary N) is 1. The highest BCUT2D eigenvalue weighted by Gasteiger charge is 2.11. The molecule has 0 saturated heterocycles. The maximum Gasteiger partial charge on any atom is 0.243 e. The molecule has 116 valence electrons. The van der Waals surface area contributed by atoms with Gasteiger partial charge in [-0.15, -0.1) is 0 Å². The Morgan fingerprint density at radius 3 is 2.70 bits per heavy atom. The lowest BCUT2D eigenvalue weighted by atomic mass is 10.2. The first-order valence-corrected chi connectivity index (χ1v) is 7.64. The van der Waals surface area contributed by atoms with Crippen LogP contribution in [0, 0.1) is 0 Å². The molecule has 0 atom stereocenters. The molecule has 0 fully saturated rings. The molecule has 1 amide bonds. The van der Waals surface area contributed by atoms with Gasteiger partial charge in [-0.2, -0.15) is 0 Å². The molecule has 0 aliphatic carbocycles. The number of fused-ring (bicyclic) bond motifs is 1. The predicted molar refractivity (Wildman–Crippen MR) is 92.3 cm³/mol. The number of halogens is 1. The van der Waals surface area contributed by atoms with Gasteiger partial charge in [0.15, 0.2) is 0 Å². The molecule has 0 aliphatic rings. The van der Waals surface area contributed by atoms with Crippen LogP contribution in [0.5, 0.6) is 0 Å². The molecule has 3 aromatic rings. The maximum atomic E-state index is 11.4. The molecule has 0 aliphatic heterocycles. The van der Waals surface area contributed by atoms with E-state index in [1.807, 2.05) is 48.5 Å². The lowest BCUT2D eigenvalue weighted by Crippen LogP contribution is -2.22. The number of rotatable bonds is 5. The molecule has 0 bridgehead atoms. The van der Waals surface area contributed by atoms with Gasteiger partial charge >= 0.3 is 0 Å². The summed E-state index contributed by atoms with van der Waals surface area (Å²) in [4.78, 5) is 16.0. The number of hydrogen-bond acceptors (Lipinski definition) is 2. The van der Waals surface area contributed by atoms with Gasteiger partial charge in [-0.05, 0) is 35.9 Å². The minimum Gasteiger partial charge on any atom is -0.345 e. The number of nitrogens with zero attached hydrogens (tertiary/aromatic N) is 2. The Hall–Kier alpha value is -2.59. The lowest BCUT2D eigenvalue weighted by Gasteiger charge is -2.10. The van der Waals surface area contributed by atoms with Crippen molar-refractivity contribution in [1.82, 2.24) is 14.9 Å².